The summed E-state index contributed by atoms with van der Waals surface area (Å²) in [5, 5.41) is 6.02. The van der Waals surface area contributed by atoms with Crippen LogP contribution in [0.3, 0.4) is 0 Å². The number of benzene rings is 2. The molecule has 37 heavy (non-hydrogen) atoms. The number of hydrogen-bond donors (Lipinski definition) is 2. The fourth-order valence-electron chi connectivity index (χ4n) is 3.89. The summed E-state index contributed by atoms with van der Waals surface area (Å²) in [7, 11) is 0. The Balaban J connectivity index is 1.75. The predicted molar refractivity (Wildman–Crippen MR) is 114 cm³/mol. The summed E-state index contributed by atoms with van der Waals surface area (Å²) >= 11 is 0. The van der Waals surface area contributed by atoms with E-state index in [1.807, 2.05) is 0 Å². The molecule has 0 amide bonds. The van der Waals surface area contributed by atoms with E-state index < -0.39 is 65.9 Å². The van der Waals surface area contributed by atoms with Crippen LogP contribution in [0.15, 0.2) is 47.3 Å². The van der Waals surface area contributed by atoms with Crippen LogP contribution in [0.4, 0.5) is 30.7 Å². The van der Waals surface area contributed by atoms with Gasteiger partial charge >= 0.3 is 18.0 Å². The summed E-state index contributed by atoms with van der Waals surface area (Å²) in [6.07, 6.45) is -14.6. The van der Waals surface area contributed by atoms with Crippen LogP contribution in [0.25, 0.3) is 0 Å². The molecule has 3 atom stereocenters. The zero-order valence-electron chi connectivity index (χ0n) is 20.8. The predicted octanol–water partition coefficient (Wildman–Crippen LogP) is 4.95. The first-order chi connectivity index (χ1) is 18.2. The lowest BCUT2D eigenvalue weighted by Gasteiger charge is -2.41. The highest BCUT2D eigenvalue weighted by molar-refractivity contribution is 5.34. The van der Waals surface area contributed by atoms with Gasteiger partial charge in [-0.25, -0.2) is 14.3 Å². The Morgan fingerprint density at radius 1 is 1.16 bits per heavy atom. The molecular formula is C23H21F7N4O3. The Bertz CT molecular complexity index is 1310. The van der Waals surface area contributed by atoms with Gasteiger partial charge in [-0.2, -0.15) is 31.4 Å². The fourth-order valence-corrected chi connectivity index (χ4v) is 3.89. The molecule has 14 heteroatoms. The number of rotatable bonds is 6. The summed E-state index contributed by atoms with van der Waals surface area (Å²) < 4.78 is 122. The van der Waals surface area contributed by atoms with Gasteiger partial charge in [0.05, 0.1) is 37.8 Å². The lowest BCUT2D eigenvalue weighted by atomic mass is 10.0. The molecule has 1 aromatic heterocycles. The molecule has 3 aromatic rings. The Kier molecular flexibility index (Phi) is 6.69. The van der Waals surface area contributed by atoms with Gasteiger partial charge in [0.2, 0.25) is 0 Å². The average Bonchev–Trinajstić information content (AvgIpc) is 3.28. The molecule has 1 aliphatic heterocycles. The van der Waals surface area contributed by atoms with Crippen molar-refractivity contribution in [2.45, 2.75) is 44.2 Å². The highest BCUT2D eigenvalue weighted by Crippen LogP contribution is 2.39. The minimum absolute atomic E-state index is 0.0162. The molecule has 0 radical (unpaired) electrons. The topological polar surface area (TPSA) is 83.2 Å². The molecule has 1 fully saturated rings. The first-order valence-corrected chi connectivity index (χ1v) is 10.7. The van der Waals surface area contributed by atoms with E-state index in [1.54, 1.807) is 4.90 Å². The van der Waals surface area contributed by atoms with Gasteiger partial charge in [0.15, 0.2) is 6.29 Å². The van der Waals surface area contributed by atoms with Crippen molar-refractivity contribution in [3.8, 4) is 0 Å². The highest BCUT2D eigenvalue weighted by Gasteiger charge is 2.39. The number of hydrogen-bond acceptors (Lipinski definition) is 5. The molecule has 1 saturated heterocycles. The standard InChI is InChI=1S/C23H21F7N4O3/c1-12(14-8-15(22(25,26)27)10-16(9-14)23(28,29)30)37-20-19(13-2-4-17(24)5-3-13)34(6-7-36-20)11-18-31-21(35)33-32-18/h2-5,8-10,12,19-20H,6-7,11H2,1H3,(H2,31,32,33,35)/t12-,19+,20-/m0/s1/i1D,11+1,12D,18+1. The molecule has 200 valence electrons. The summed E-state index contributed by atoms with van der Waals surface area (Å²) in [6, 6.07) is 4.57. The fraction of sp³-hybridized carbons (Fsp3) is 0.391. The first-order valence-electron chi connectivity index (χ1n) is 11.9. The third-order valence-corrected chi connectivity index (χ3v) is 5.59. The van der Waals surface area contributed by atoms with Gasteiger partial charge in [-0.05, 0) is 48.4 Å². The number of nitrogens with one attached hydrogen (secondary N) is 2. The molecule has 4 rings (SSSR count). The van der Waals surface area contributed by atoms with E-state index >= 15 is 0 Å². The maximum atomic E-state index is 13.6. The van der Waals surface area contributed by atoms with Gasteiger partial charge in [-0.3, -0.25) is 9.88 Å². The van der Waals surface area contributed by atoms with Crippen molar-refractivity contribution in [2.75, 3.05) is 13.2 Å². The average molecular weight is 538 g/mol. The van der Waals surface area contributed by atoms with E-state index in [1.165, 1.54) is 12.1 Å². The van der Waals surface area contributed by atoms with Crippen LogP contribution in [0.5, 0.6) is 0 Å². The van der Waals surface area contributed by atoms with E-state index in [4.69, 9.17) is 12.2 Å². The van der Waals surface area contributed by atoms with Crippen LogP contribution < -0.4 is 5.69 Å². The Morgan fingerprint density at radius 2 is 1.81 bits per heavy atom. The summed E-state index contributed by atoms with van der Waals surface area (Å²) in [5.74, 6) is -0.390. The lowest BCUT2D eigenvalue weighted by molar-refractivity contribution is -0.231. The van der Waals surface area contributed by atoms with E-state index in [-0.39, 0.29) is 31.6 Å². The third-order valence-electron chi connectivity index (χ3n) is 5.59. The minimum Gasteiger partial charge on any atom is -0.349 e. The third kappa shape index (κ3) is 6.37. The smallest absolute Gasteiger partial charge is 0.349 e. The van der Waals surface area contributed by atoms with E-state index in [0.29, 0.717) is 17.7 Å². The number of morpholine rings is 1. The Labute approximate surface area is 208 Å². The molecule has 2 aromatic carbocycles. The van der Waals surface area contributed by atoms with Crippen LogP contribution in [0.1, 0.15) is 49.8 Å². The van der Waals surface area contributed by atoms with Gasteiger partial charge in [0.1, 0.15) is 11.6 Å². The second kappa shape index (κ2) is 10.3. The van der Waals surface area contributed by atoms with Gasteiger partial charge in [0, 0.05) is 7.92 Å². The molecule has 2 N–H and O–H groups in total. The normalized spacial score (nSPS) is 21.8. The number of ether oxygens (including phenoxy) is 2. The molecule has 0 spiro atoms. The molecular weight excluding hydrogens is 515 g/mol. The number of aromatic nitrogens is 3. The monoisotopic (exact) mass is 538 g/mol. The molecule has 1 aliphatic rings. The lowest BCUT2D eigenvalue weighted by Crippen LogP contribution is -2.46. The number of aromatic amines is 2. The number of alkyl halides is 6. The van der Waals surface area contributed by atoms with Crippen molar-refractivity contribution in [3.05, 3.63) is 86.8 Å². The molecule has 0 saturated carbocycles. The van der Waals surface area contributed by atoms with Crippen molar-refractivity contribution in [1.82, 2.24) is 20.1 Å². The van der Waals surface area contributed by atoms with Gasteiger partial charge in [0.25, 0.3) is 0 Å². The number of nitrogens with zero attached hydrogens (tertiary/aromatic N) is 2. The van der Waals surface area contributed by atoms with Crippen molar-refractivity contribution in [1.29, 1.82) is 0 Å². The van der Waals surface area contributed by atoms with Gasteiger partial charge in [-0.1, -0.05) is 12.1 Å². The largest absolute Gasteiger partial charge is 0.416 e. The van der Waals surface area contributed by atoms with Crippen molar-refractivity contribution in [3.63, 3.8) is 0 Å². The molecule has 7 nitrogen and oxygen atoms in total. The minimum atomic E-state index is -5.17. The second-order valence-corrected chi connectivity index (χ2v) is 8.17. The maximum absolute atomic E-state index is 13.6. The van der Waals surface area contributed by atoms with Crippen LogP contribution in [0, 0.1) is 5.82 Å². The quantitative estimate of drug-likeness (QED) is 0.343. The van der Waals surface area contributed by atoms with E-state index in [9.17, 15) is 35.5 Å². The van der Waals surface area contributed by atoms with Crippen LogP contribution in [-0.4, -0.2) is 39.5 Å². The first kappa shape index (κ1) is 24.1. The zero-order valence-corrected chi connectivity index (χ0v) is 18.8. The van der Waals surface area contributed by atoms with Crippen molar-refractivity contribution in [2.24, 2.45) is 0 Å². The van der Waals surface area contributed by atoms with E-state index in [2.05, 4.69) is 15.2 Å². The Hall–Kier alpha value is -3.23. The molecule has 0 unspecified atom stereocenters. The highest BCUT2D eigenvalue weighted by atomic mass is 19.4. The van der Waals surface area contributed by atoms with Crippen molar-refractivity contribution < 1.29 is 42.9 Å². The molecule has 0 bridgehead atoms. The maximum Gasteiger partial charge on any atom is 0.416 e. The number of halogens is 7. The van der Waals surface area contributed by atoms with Crippen LogP contribution in [-0.2, 0) is 28.4 Å². The van der Waals surface area contributed by atoms with Crippen LogP contribution in [0.2, 0.25) is 0 Å². The zero-order chi connectivity index (χ0) is 28.6. The number of H-pyrrole nitrogens is 2. The van der Waals surface area contributed by atoms with Crippen LogP contribution >= 0.6 is 0 Å². The second-order valence-electron chi connectivity index (χ2n) is 8.17. The summed E-state index contributed by atoms with van der Waals surface area (Å²) in [6.45, 7) is -0.960. The van der Waals surface area contributed by atoms with Gasteiger partial charge in [-0.15, -0.1) is 0 Å². The van der Waals surface area contributed by atoms with Crippen molar-refractivity contribution >= 4 is 0 Å². The van der Waals surface area contributed by atoms with E-state index in [0.717, 1.165) is 12.1 Å². The Morgan fingerprint density at radius 3 is 2.35 bits per heavy atom. The molecule has 2 heterocycles. The summed E-state index contributed by atoms with van der Waals surface area (Å²) in [5.41, 5.74) is -4.40. The van der Waals surface area contributed by atoms with Gasteiger partial charge < -0.3 is 9.47 Å². The molecule has 0 aliphatic carbocycles. The SMILES string of the molecule is [2H]C[C@]([2H])(O[C@@H]1OCCN([13CH2][13c]2n[nH]c(=O)[nH]2)[C@@H]1c1ccc(F)cc1)c1cc(C(F)(F)F)cc(C(F)(F)F)c1. The summed E-state index contributed by atoms with van der Waals surface area (Å²) in [4.78, 5) is 15.6.